The lowest BCUT2D eigenvalue weighted by Gasteiger charge is -2.31. The number of aryl methyl sites for hydroxylation is 1. The Balaban J connectivity index is 1.43. The fourth-order valence-corrected chi connectivity index (χ4v) is 6.31. The molecule has 6 rings (SSSR count). The summed E-state index contributed by atoms with van der Waals surface area (Å²) >= 11 is 2.24. The van der Waals surface area contributed by atoms with E-state index in [-0.39, 0.29) is 29.7 Å². The maximum Gasteiger partial charge on any atom is 0.411 e. The van der Waals surface area contributed by atoms with Crippen molar-refractivity contribution in [3.63, 3.8) is 0 Å². The first-order chi connectivity index (χ1) is 19.7. The number of carboxylic acid groups (broad SMARTS) is 1. The number of aliphatic hydroxyl groups is 1. The summed E-state index contributed by atoms with van der Waals surface area (Å²) < 4.78 is 7.91. The van der Waals surface area contributed by atoms with Crippen molar-refractivity contribution >= 4 is 51.2 Å². The fraction of sp³-hybridized carbons (Fsp3) is 0.290. The lowest BCUT2D eigenvalue weighted by molar-refractivity contribution is -0.172. The Bertz CT molecular complexity index is 1800. The molecule has 2 aromatic heterocycles. The summed E-state index contributed by atoms with van der Waals surface area (Å²) in [5.74, 6) is -0.756. The van der Waals surface area contributed by atoms with Gasteiger partial charge in [0.1, 0.15) is 6.61 Å². The van der Waals surface area contributed by atoms with Gasteiger partial charge in [-0.15, -0.1) is 0 Å². The Labute approximate surface area is 249 Å². The van der Waals surface area contributed by atoms with E-state index in [1.165, 1.54) is 4.90 Å². The quantitative estimate of drug-likeness (QED) is 0.194. The standard InChI is InChI=1S/C31H28IN3O6/c1-3-20-21-13-19(34(30(38)39)12-11-17-5-7-18(32)8-6-17)9-10-25(21)33-27-22(20)15-35-26(27)14-24-23(28(35)36)16-41-29(37)31(24,40)4-2/h5-10,13-14,40H,3-4,11-12,15-16H2,1-2H3,(H,38,39)/t31-/m0/s1. The van der Waals surface area contributed by atoms with Gasteiger partial charge in [-0.3, -0.25) is 9.69 Å². The molecule has 2 aromatic carbocycles. The molecule has 0 saturated heterocycles. The number of carbonyl (C=O) groups excluding carboxylic acids is 1. The Morgan fingerprint density at radius 1 is 1.12 bits per heavy atom. The second kappa shape index (κ2) is 10.3. The van der Waals surface area contributed by atoms with Crippen LogP contribution in [0, 0.1) is 3.57 Å². The number of halogens is 1. The molecule has 4 heterocycles. The summed E-state index contributed by atoms with van der Waals surface area (Å²) in [6.45, 7) is 4.11. The highest BCUT2D eigenvalue weighted by Crippen LogP contribution is 2.40. The second-order valence-electron chi connectivity index (χ2n) is 10.4. The van der Waals surface area contributed by atoms with Crippen LogP contribution in [0.15, 0.2) is 53.3 Å². The molecule has 210 valence electrons. The van der Waals surface area contributed by atoms with Gasteiger partial charge in [0.15, 0.2) is 5.60 Å². The van der Waals surface area contributed by atoms with E-state index in [0.29, 0.717) is 48.5 Å². The van der Waals surface area contributed by atoms with Gasteiger partial charge in [-0.1, -0.05) is 26.0 Å². The van der Waals surface area contributed by atoms with Crippen LogP contribution in [-0.4, -0.2) is 38.4 Å². The number of hydrogen-bond donors (Lipinski definition) is 2. The van der Waals surface area contributed by atoms with Gasteiger partial charge in [-0.25, -0.2) is 14.6 Å². The van der Waals surface area contributed by atoms with Crippen molar-refractivity contribution in [3.05, 3.63) is 90.3 Å². The molecule has 41 heavy (non-hydrogen) atoms. The van der Waals surface area contributed by atoms with Crippen molar-refractivity contribution in [2.24, 2.45) is 0 Å². The molecule has 0 bridgehead atoms. The summed E-state index contributed by atoms with van der Waals surface area (Å²) in [4.78, 5) is 44.6. The first kappa shape index (κ1) is 27.4. The number of benzene rings is 2. The molecule has 0 unspecified atom stereocenters. The minimum atomic E-state index is -1.89. The third-order valence-electron chi connectivity index (χ3n) is 8.22. The van der Waals surface area contributed by atoms with Crippen LogP contribution in [0.25, 0.3) is 22.3 Å². The van der Waals surface area contributed by atoms with Gasteiger partial charge >= 0.3 is 12.1 Å². The molecule has 2 aliphatic heterocycles. The summed E-state index contributed by atoms with van der Waals surface area (Å²) in [5, 5.41) is 22.0. The van der Waals surface area contributed by atoms with Crippen LogP contribution in [0.5, 0.6) is 0 Å². The molecule has 2 N–H and O–H groups in total. The first-order valence-corrected chi connectivity index (χ1v) is 14.6. The Kier molecular flexibility index (Phi) is 6.85. The van der Waals surface area contributed by atoms with E-state index in [1.54, 1.807) is 23.6 Å². The van der Waals surface area contributed by atoms with E-state index in [4.69, 9.17) is 9.72 Å². The highest BCUT2D eigenvalue weighted by atomic mass is 127. The topological polar surface area (TPSA) is 122 Å². The van der Waals surface area contributed by atoms with Crippen LogP contribution in [0.1, 0.15) is 48.1 Å². The van der Waals surface area contributed by atoms with Crippen LogP contribution in [0.3, 0.4) is 0 Å². The highest BCUT2D eigenvalue weighted by molar-refractivity contribution is 14.1. The molecule has 2 aliphatic rings. The van der Waals surface area contributed by atoms with Crippen molar-refractivity contribution in [3.8, 4) is 11.4 Å². The van der Waals surface area contributed by atoms with E-state index in [0.717, 1.165) is 25.6 Å². The van der Waals surface area contributed by atoms with Crippen LogP contribution in [-0.2, 0) is 41.1 Å². The first-order valence-electron chi connectivity index (χ1n) is 13.5. The number of carbonyl (C=O) groups is 2. The minimum absolute atomic E-state index is 0.0758. The SMILES string of the molecule is CCc1c2c(nc3ccc(N(CCc4ccc(I)cc4)C(=O)O)cc13)-c1cc3c(c(=O)n1C2)COC(=O)[C@]3(O)CC. The number of esters is 1. The molecule has 0 spiro atoms. The molecular weight excluding hydrogens is 637 g/mol. The molecule has 0 radical (unpaired) electrons. The van der Waals surface area contributed by atoms with E-state index in [1.807, 2.05) is 43.3 Å². The summed E-state index contributed by atoms with van der Waals surface area (Å²) in [5.41, 5.74) is 3.69. The van der Waals surface area contributed by atoms with Gasteiger partial charge in [0.05, 0.1) is 29.0 Å². The lowest BCUT2D eigenvalue weighted by atomic mass is 9.86. The molecule has 1 amide bonds. The van der Waals surface area contributed by atoms with Crippen LogP contribution in [0.4, 0.5) is 10.5 Å². The number of pyridine rings is 2. The summed E-state index contributed by atoms with van der Waals surface area (Å²) in [7, 11) is 0. The smallest absolute Gasteiger partial charge is 0.411 e. The largest absolute Gasteiger partial charge is 0.465 e. The van der Waals surface area contributed by atoms with Gasteiger partial charge in [0, 0.05) is 32.3 Å². The Morgan fingerprint density at radius 2 is 1.88 bits per heavy atom. The van der Waals surface area contributed by atoms with Gasteiger partial charge in [-0.2, -0.15) is 0 Å². The number of hydrogen-bond acceptors (Lipinski definition) is 6. The number of aromatic nitrogens is 2. The molecule has 0 aliphatic carbocycles. The minimum Gasteiger partial charge on any atom is -0.465 e. The molecule has 10 heteroatoms. The van der Waals surface area contributed by atoms with Crippen LogP contribution in [0.2, 0.25) is 0 Å². The number of rotatable bonds is 6. The number of nitrogens with zero attached hydrogens (tertiary/aromatic N) is 3. The van der Waals surface area contributed by atoms with Gasteiger partial charge in [0.2, 0.25) is 0 Å². The van der Waals surface area contributed by atoms with E-state index < -0.39 is 17.7 Å². The molecule has 1 atom stereocenters. The number of fused-ring (bicyclic) bond motifs is 5. The maximum atomic E-state index is 13.6. The molecule has 0 fully saturated rings. The van der Waals surface area contributed by atoms with E-state index in [2.05, 4.69) is 22.6 Å². The normalized spacial score (nSPS) is 17.1. The third kappa shape index (κ3) is 4.40. The fourth-order valence-electron chi connectivity index (χ4n) is 5.95. The molecular formula is C31H28IN3O6. The predicted molar refractivity (Wildman–Crippen MR) is 162 cm³/mol. The lowest BCUT2D eigenvalue weighted by Crippen LogP contribution is -2.44. The zero-order valence-electron chi connectivity index (χ0n) is 22.6. The van der Waals surface area contributed by atoms with E-state index in [9.17, 15) is 24.6 Å². The van der Waals surface area contributed by atoms with Crippen molar-refractivity contribution in [1.29, 1.82) is 0 Å². The highest BCUT2D eigenvalue weighted by Gasteiger charge is 2.45. The zero-order valence-corrected chi connectivity index (χ0v) is 24.8. The zero-order chi connectivity index (χ0) is 29.1. The number of ether oxygens (including phenoxy) is 1. The van der Waals surface area contributed by atoms with Crippen LogP contribution < -0.4 is 10.5 Å². The van der Waals surface area contributed by atoms with Crippen molar-refractivity contribution < 1.29 is 24.5 Å². The average Bonchev–Trinajstić information content (AvgIpc) is 3.33. The number of cyclic esters (lactones) is 1. The third-order valence-corrected chi connectivity index (χ3v) is 8.94. The number of amides is 1. The monoisotopic (exact) mass is 665 g/mol. The molecule has 0 saturated carbocycles. The van der Waals surface area contributed by atoms with Crippen molar-refractivity contribution in [2.75, 3.05) is 11.4 Å². The van der Waals surface area contributed by atoms with Crippen LogP contribution >= 0.6 is 22.6 Å². The average molecular weight is 665 g/mol. The molecule has 4 aromatic rings. The van der Waals surface area contributed by atoms with Gasteiger partial charge < -0.3 is 19.5 Å². The van der Waals surface area contributed by atoms with Crippen molar-refractivity contribution in [2.45, 2.75) is 51.9 Å². The molecule has 9 nitrogen and oxygen atoms in total. The summed E-state index contributed by atoms with van der Waals surface area (Å²) in [6, 6.07) is 15.2. The number of anilines is 1. The second-order valence-corrected chi connectivity index (χ2v) is 11.6. The predicted octanol–water partition coefficient (Wildman–Crippen LogP) is 4.97. The summed E-state index contributed by atoms with van der Waals surface area (Å²) in [6.07, 6.45) is 0.256. The van der Waals surface area contributed by atoms with Gasteiger partial charge in [0.25, 0.3) is 5.56 Å². The van der Waals surface area contributed by atoms with E-state index >= 15 is 0 Å². The van der Waals surface area contributed by atoms with Crippen molar-refractivity contribution in [1.82, 2.24) is 9.55 Å². The Hall–Kier alpha value is -3.77. The van der Waals surface area contributed by atoms with Gasteiger partial charge in [-0.05, 0) is 89.4 Å². The maximum absolute atomic E-state index is 13.6. The Morgan fingerprint density at radius 3 is 2.56 bits per heavy atom.